The Labute approximate surface area is 219 Å². The Morgan fingerprint density at radius 1 is 1.00 bits per heavy atom. The van der Waals surface area contributed by atoms with Crippen LogP contribution >= 0.6 is 11.6 Å². The number of hydrogen-bond donors (Lipinski definition) is 2. The number of nitrogens with one attached hydrogen (secondary N) is 1. The number of aromatic nitrogens is 1. The lowest BCUT2D eigenvalue weighted by Gasteiger charge is -2.12. The first-order valence-corrected chi connectivity index (χ1v) is 12.8. The Morgan fingerprint density at radius 2 is 1.74 bits per heavy atom. The van der Waals surface area contributed by atoms with Crippen LogP contribution in [0, 0.1) is 5.82 Å². The van der Waals surface area contributed by atoms with Gasteiger partial charge < -0.3 is 14.3 Å². The van der Waals surface area contributed by atoms with Gasteiger partial charge in [-0.15, -0.1) is 0 Å². The molecule has 0 saturated carbocycles. The summed E-state index contributed by atoms with van der Waals surface area (Å²) < 4.78 is 51.7. The molecule has 0 unspecified atom stereocenters. The molecule has 0 fully saturated rings. The van der Waals surface area contributed by atoms with E-state index in [1.165, 1.54) is 18.3 Å². The van der Waals surface area contributed by atoms with Crippen LogP contribution in [0.3, 0.4) is 0 Å². The molecule has 0 aliphatic carbocycles. The monoisotopic (exact) mass is 554 g/mol. The molecule has 0 saturated heterocycles. The number of anilines is 1. The van der Waals surface area contributed by atoms with Gasteiger partial charge in [-0.1, -0.05) is 17.7 Å². The highest BCUT2D eigenvalue weighted by atomic mass is 35.5. The molecule has 2 heterocycles. The number of sulfonamides is 1. The van der Waals surface area contributed by atoms with Gasteiger partial charge >= 0.3 is 11.6 Å². The number of carboxylic acid groups (broad SMARTS) is 1. The Morgan fingerprint density at radius 3 is 2.47 bits per heavy atom. The molecule has 5 aromatic rings. The third-order valence-corrected chi connectivity index (χ3v) is 7.27. The zero-order valence-electron chi connectivity index (χ0n) is 19.1. The second-order valence-corrected chi connectivity index (χ2v) is 10.2. The van der Waals surface area contributed by atoms with Crippen molar-refractivity contribution >= 4 is 55.0 Å². The number of aliphatic carboxylic acids is 1. The van der Waals surface area contributed by atoms with E-state index < -0.39 is 34.0 Å². The first kappa shape index (κ1) is 25.2. The Balaban J connectivity index is 1.55. The predicted octanol–water partition coefficient (Wildman–Crippen LogP) is 5.06. The molecule has 5 rings (SSSR count). The summed E-state index contributed by atoms with van der Waals surface area (Å²) in [5.74, 6) is -1.50. The van der Waals surface area contributed by atoms with Crippen LogP contribution in [0.25, 0.3) is 32.9 Å². The van der Waals surface area contributed by atoms with Crippen LogP contribution in [0.1, 0.15) is 0 Å². The predicted molar refractivity (Wildman–Crippen MR) is 139 cm³/mol. The zero-order valence-corrected chi connectivity index (χ0v) is 20.7. The number of hydrogen-bond acceptors (Lipinski definition) is 7. The third kappa shape index (κ3) is 5.01. The Hall–Kier alpha value is -4.48. The van der Waals surface area contributed by atoms with Crippen molar-refractivity contribution in [2.45, 2.75) is 4.90 Å². The Bertz CT molecular complexity index is 1890. The minimum Gasteiger partial charge on any atom is -0.482 e. The quantitative estimate of drug-likeness (QED) is 0.162. The number of carboxylic acids is 1. The molecule has 0 aliphatic rings. The molecule has 2 N–H and O–H groups in total. The lowest BCUT2D eigenvalue weighted by molar-refractivity contribution is -0.139. The van der Waals surface area contributed by atoms with Crippen molar-refractivity contribution in [1.29, 1.82) is 0 Å². The van der Waals surface area contributed by atoms with Gasteiger partial charge in [-0.05, 0) is 60.2 Å². The zero-order chi connectivity index (χ0) is 27.0. The molecule has 0 radical (unpaired) electrons. The maximum atomic E-state index is 13.2. The summed E-state index contributed by atoms with van der Waals surface area (Å²) in [6.45, 7) is -0.551. The van der Waals surface area contributed by atoms with Crippen LogP contribution in [-0.2, 0) is 14.8 Å². The highest BCUT2D eigenvalue weighted by Crippen LogP contribution is 2.33. The van der Waals surface area contributed by atoms with Crippen molar-refractivity contribution in [3.05, 3.63) is 94.3 Å². The summed E-state index contributed by atoms with van der Waals surface area (Å²) in [4.78, 5) is 27.3. The molecule has 192 valence electrons. The van der Waals surface area contributed by atoms with E-state index in [0.717, 1.165) is 24.3 Å². The normalized spacial score (nSPS) is 11.5. The molecule has 38 heavy (non-hydrogen) atoms. The number of carbonyl (C=O) groups is 1. The van der Waals surface area contributed by atoms with Gasteiger partial charge in [-0.25, -0.2) is 27.4 Å². The van der Waals surface area contributed by atoms with Gasteiger partial charge in [0, 0.05) is 28.6 Å². The van der Waals surface area contributed by atoms with Crippen molar-refractivity contribution < 1.29 is 31.9 Å². The van der Waals surface area contributed by atoms with Crippen LogP contribution < -0.4 is 15.1 Å². The maximum absolute atomic E-state index is 13.2. The van der Waals surface area contributed by atoms with E-state index >= 15 is 0 Å². The summed E-state index contributed by atoms with van der Waals surface area (Å²) in [5, 5.41) is 10.1. The minimum atomic E-state index is -4.08. The summed E-state index contributed by atoms with van der Waals surface area (Å²) in [6, 6.07) is 15.4. The molecular formula is C26H16ClFN2O7S. The maximum Gasteiger partial charge on any atom is 0.344 e. The van der Waals surface area contributed by atoms with Crippen LogP contribution in [0.15, 0.2) is 87.0 Å². The number of benzene rings is 3. The lowest BCUT2D eigenvalue weighted by Crippen LogP contribution is -2.13. The lowest BCUT2D eigenvalue weighted by atomic mass is 10.0. The van der Waals surface area contributed by atoms with Crippen molar-refractivity contribution in [2.24, 2.45) is 0 Å². The van der Waals surface area contributed by atoms with E-state index in [-0.39, 0.29) is 27.1 Å². The summed E-state index contributed by atoms with van der Waals surface area (Å²) in [5.41, 5.74) is 0.699. The van der Waals surface area contributed by atoms with E-state index in [1.807, 2.05) is 0 Å². The molecule has 0 aliphatic heterocycles. The summed E-state index contributed by atoms with van der Waals surface area (Å²) in [7, 11) is -4.08. The van der Waals surface area contributed by atoms with E-state index in [2.05, 4.69) is 9.71 Å². The second-order valence-electron chi connectivity index (χ2n) is 8.11. The van der Waals surface area contributed by atoms with Crippen molar-refractivity contribution in [1.82, 2.24) is 4.98 Å². The summed E-state index contributed by atoms with van der Waals surface area (Å²) in [6.07, 6.45) is 1.45. The van der Waals surface area contributed by atoms with Gasteiger partial charge in [0.15, 0.2) is 11.8 Å². The van der Waals surface area contributed by atoms with Crippen LogP contribution in [0.4, 0.5) is 10.1 Å². The molecular weight excluding hydrogens is 539 g/mol. The van der Waals surface area contributed by atoms with E-state index in [0.29, 0.717) is 27.3 Å². The molecule has 0 atom stereocenters. The first-order valence-electron chi connectivity index (χ1n) is 10.9. The highest BCUT2D eigenvalue weighted by molar-refractivity contribution is 7.92. The SMILES string of the molecule is O=C(O)COc1ccc2c(c1)oc(=O)c1ccc(-c3cnc(Cl)c(NS(=O)(=O)c4ccc(F)cc4)c3)cc12. The number of fused-ring (bicyclic) bond motifs is 3. The number of nitrogens with zero attached hydrogens (tertiary/aromatic N) is 1. The number of halogens is 2. The van der Waals surface area contributed by atoms with Gasteiger partial charge in [-0.3, -0.25) is 4.72 Å². The van der Waals surface area contributed by atoms with Crippen LogP contribution in [0.5, 0.6) is 5.75 Å². The minimum absolute atomic E-state index is 0.00578. The standard InChI is InChI=1S/C26H16ClFN2O7S/c27-25-22(30-38(34,35)18-5-2-16(28)3-6-18)10-15(12-29-25)14-1-7-20-21(9-14)19-8-4-17(36-13-24(31)32)11-23(19)37-26(20)33/h1-12,30H,13H2,(H,31,32). The number of pyridine rings is 1. The average Bonchev–Trinajstić information content (AvgIpc) is 2.88. The number of rotatable bonds is 7. The van der Waals surface area contributed by atoms with Gasteiger partial charge in [0.25, 0.3) is 10.0 Å². The first-order chi connectivity index (χ1) is 18.1. The van der Waals surface area contributed by atoms with Gasteiger partial charge in [-0.2, -0.15) is 0 Å². The molecule has 2 aromatic heterocycles. The van der Waals surface area contributed by atoms with Gasteiger partial charge in [0.05, 0.1) is 16.0 Å². The largest absolute Gasteiger partial charge is 0.482 e. The summed E-state index contributed by atoms with van der Waals surface area (Å²) >= 11 is 6.16. The number of ether oxygens (including phenoxy) is 1. The van der Waals surface area contributed by atoms with E-state index in [9.17, 15) is 22.4 Å². The van der Waals surface area contributed by atoms with Crippen LogP contribution in [-0.4, -0.2) is 31.1 Å². The molecule has 0 spiro atoms. The van der Waals surface area contributed by atoms with Crippen molar-refractivity contribution in [3.63, 3.8) is 0 Å². The fraction of sp³-hybridized carbons (Fsp3) is 0.0385. The fourth-order valence-corrected chi connectivity index (χ4v) is 5.08. The van der Waals surface area contributed by atoms with Crippen molar-refractivity contribution in [2.75, 3.05) is 11.3 Å². The Kier molecular flexibility index (Phi) is 6.47. The smallest absolute Gasteiger partial charge is 0.344 e. The molecule has 9 nitrogen and oxygen atoms in total. The average molecular weight is 555 g/mol. The fourth-order valence-electron chi connectivity index (χ4n) is 3.82. The topological polar surface area (TPSA) is 136 Å². The molecule has 3 aromatic carbocycles. The highest BCUT2D eigenvalue weighted by Gasteiger charge is 2.18. The molecule has 0 bridgehead atoms. The molecule has 0 amide bonds. The van der Waals surface area contributed by atoms with E-state index in [4.69, 9.17) is 25.9 Å². The second kappa shape index (κ2) is 9.77. The third-order valence-electron chi connectivity index (χ3n) is 5.59. The van der Waals surface area contributed by atoms with E-state index in [1.54, 1.807) is 30.3 Å². The van der Waals surface area contributed by atoms with Crippen molar-refractivity contribution in [3.8, 4) is 16.9 Å². The van der Waals surface area contributed by atoms with Crippen LogP contribution in [0.2, 0.25) is 5.15 Å². The van der Waals surface area contributed by atoms with Gasteiger partial charge in [0.2, 0.25) is 0 Å². The molecule has 12 heteroatoms. The van der Waals surface area contributed by atoms with Gasteiger partial charge in [0.1, 0.15) is 17.1 Å².